The summed E-state index contributed by atoms with van der Waals surface area (Å²) in [5, 5.41) is 8.26. The quantitative estimate of drug-likeness (QED) is 0.739. The highest BCUT2D eigenvalue weighted by Crippen LogP contribution is 2.23. The summed E-state index contributed by atoms with van der Waals surface area (Å²) in [4.78, 5) is 0. The first-order chi connectivity index (χ1) is 9.13. The topological polar surface area (TPSA) is 29.9 Å². The van der Waals surface area contributed by atoms with Crippen LogP contribution in [0.15, 0.2) is 4.47 Å². The molecule has 1 heterocycles. The van der Waals surface area contributed by atoms with Gasteiger partial charge in [-0.3, -0.25) is 4.68 Å². The number of nitrogens with one attached hydrogen (secondary N) is 1. The number of hydrogen-bond acceptors (Lipinski definition) is 2. The van der Waals surface area contributed by atoms with Crippen LogP contribution in [-0.4, -0.2) is 22.4 Å². The van der Waals surface area contributed by atoms with Gasteiger partial charge in [0.25, 0.3) is 0 Å². The molecule has 0 aliphatic carbocycles. The molecule has 0 spiro atoms. The molecule has 1 unspecified atom stereocenters. The van der Waals surface area contributed by atoms with Crippen LogP contribution in [0.5, 0.6) is 0 Å². The zero-order chi connectivity index (χ0) is 14.3. The lowest BCUT2D eigenvalue weighted by Crippen LogP contribution is -2.32. The van der Waals surface area contributed by atoms with E-state index in [1.165, 1.54) is 35.8 Å². The minimum absolute atomic E-state index is 0.567. The van der Waals surface area contributed by atoms with Crippen LogP contribution in [0.3, 0.4) is 0 Å². The molecule has 110 valence electrons. The van der Waals surface area contributed by atoms with Crippen LogP contribution >= 0.6 is 15.9 Å². The minimum atomic E-state index is 0.567. The first-order valence-corrected chi connectivity index (χ1v) is 8.38. The third kappa shape index (κ3) is 4.92. The number of aryl methyl sites for hydroxylation is 2. The maximum Gasteiger partial charge on any atom is 0.0738 e. The molecular formula is C15H28BrN3. The molecule has 0 radical (unpaired) electrons. The van der Waals surface area contributed by atoms with E-state index in [4.69, 9.17) is 0 Å². The van der Waals surface area contributed by atoms with E-state index < -0.39 is 0 Å². The van der Waals surface area contributed by atoms with Crippen LogP contribution in [0, 0.1) is 6.92 Å². The van der Waals surface area contributed by atoms with Crippen LogP contribution in [0.4, 0.5) is 0 Å². The van der Waals surface area contributed by atoms with E-state index >= 15 is 0 Å². The predicted octanol–water partition coefficient (Wildman–Crippen LogP) is 4.07. The Balaban J connectivity index is 2.76. The van der Waals surface area contributed by atoms with E-state index in [1.54, 1.807) is 0 Å². The lowest BCUT2D eigenvalue weighted by Gasteiger charge is -2.19. The van der Waals surface area contributed by atoms with E-state index in [-0.39, 0.29) is 0 Å². The van der Waals surface area contributed by atoms with Crippen LogP contribution in [0.1, 0.15) is 57.8 Å². The average molecular weight is 330 g/mol. The monoisotopic (exact) mass is 329 g/mol. The van der Waals surface area contributed by atoms with Crippen molar-refractivity contribution in [1.29, 1.82) is 0 Å². The summed E-state index contributed by atoms with van der Waals surface area (Å²) >= 11 is 3.70. The third-order valence-corrected chi connectivity index (χ3v) is 4.51. The molecule has 1 aromatic heterocycles. The molecule has 1 atom stereocenters. The maximum atomic E-state index is 4.58. The number of aromatic nitrogens is 2. The van der Waals surface area contributed by atoms with Gasteiger partial charge in [-0.1, -0.05) is 26.7 Å². The molecule has 0 fully saturated rings. The van der Waals surface area contributed by atoms with E-state index in [0.29, 0.717) is 6.04 Å². The Morgan fingerprint density at radius 1 is 1.26 bits per heavy atom. The summed E-state index contributed by atoms with van der Waals surface area (Å²) in [5.41, 5.74) is 2.44. The Labute approximate surface area is 126 Å². The fourth-order valence-electron chi connectivity index (χ4n) is 2.37. The van der Waals surface area contributed by atoms with Crippen molar-refractivity contribution in [3.63, 3.8) is 0 Å². The average Bonchev–Trinajstić information content (AvgIpc) is 2.69. The van der Waals surface area contributed by atoms with Gasteiger partial charge in [-0.15, -0.1) is 0 Å². The van der Waals surface area contributed by atoms with Gasteiger partial charge in [0.2, 0.25) is 0 Å². The van der Waals surface area contributed by atoms with Crippen LogP contribution in [0.2, 0.25) is 0 Å². The number of rotatable bonds is 9. The highest BCUT2D eigenvalue weighted by molar-refractivity contribution is 9.10. The maximum absolute atomic E-state index is 4.58. The third-order valence-electron chi connectivity index (χ3n) is 3.48. The van der Waals surface area contributed by atoms with Crippen molar-refractivity contribution in [2.75, 3.05) is 6.54 Å². The van der Waals surface area contributed by atoms with Gasteiger partial charge in [0.1, 0.15) is 0 Å². The molecular weight excluding hydrogens is 302 g/mol. The predicted molar refractivity (Wildman–Crippen MR) is 85.6 cm³/mol. The zero-order valence-corrected chi connectivity index (χ0v) is 14.4. The fourth-order valence-corrected chi connectivity index (χ4v) is 2.82. The molecule has 1 rings (SSSR count). The normalized spacial score (nSPS) is 12.9. The van der Waals surface area contributed by atoms with Crippen molar-refractivity contribution in [2.24, 2.45) is 0 Å². The molecule has 0 aromatic carbocycles. The van der Waals surface area contributed by atoms with Gasteiger partial charge in [0, 0.05) is 19.0 Å². The lowest BCUT2D eigenvalue weighted by molar-refractivity contribution is 0.447. The Kier molecular flexibility index (Phi) is 7.69. The zero-order valence-electron chi connectivity index (χ0n) is 12.8. The Morgan fingerprint density at radius 3 is 2.58 bits per heavy atom. The van der Waals surface area contributed by atoms with Crippen molar-refractivity contribution in [3.05, 3.63) is 15.9 Å². The highest BCUT2D eigenvalue weighted by Gasteiger charge is 2.16. The van der Waals surface area contributed by atoms with Crippen LogP contribution in [-0.2, 0) is 13.0 Å². The van der Waals surface area contributed by atoms with E-state index in [2.05, 4.69) is 58.7 Å². The second kappa shape index (κ2) is 8.75. The van der Waals surface area contributed by atoms with E-state index in [0.717, 1.165) is 25.2 Å². The number of halogens is 1. The van der Waals surface area contributed by atoms with Crippen LogP contribution < -0.4 is 5.32 Å². The number of hydrogen-bond donors (Lipinski definition) is 1. The van der Waals surface area contributed by atoms with Gasteiger partial charge in [-0.2, -0.15) is 5.10 Å². The smallest absolute Gasteiger partial charge is 0.0738 e. The Morgan fingerprint density at radius 2 is 2.00 bits per heavy atom. The second-order valence-electron chi connectivity index (χ2n) is 5.16. The van der Waals surface area contributed by atoms with Crippen molar-refractivity contribution >= 4 is 15.9 Å². The molecule has 19 heavy (non-hydrogen) atoms. The van der Waals surface area contributed by atoms with Gasteiger partial charge in [-0.25, -0.2) is 0 Å². The molecule has 0 amide bonds. The summed E-state index contributed by atoms with van der Waals surface area (Å²) in [6, 6.07) is 0.567. The molecule has 1 aromatic rings. The minimum Gasteiger partial charge on any atom is -0.314 e. The van der Waals surface area contributed by atoms with Crippen molar-refractivity contribution < 1.29 is 0 Å². The molecule has 4 heteroatoms. The second-order valence-corrected chi connectivity index (χ2v) is 5.95. The molecule has 0 saturated heterocycles. The Hall–Kier alpha value is -0.350. The number of unbranched alkanes of at least 4 members (excludes halogenated alkanes) is 1. The summed E-state index contributed by atoms with van der Waals surface area (Å²) in [6.07, 6.45) is 6.05. The van der Waals surface area contributed by atoms with Crippen LogP contribution in [0.25, 0.3) is 0 Å². The molecule has 0 aliphatic heterocycles. The molecule has 0 aliphatic rings. The van der Waals surface area contributed by atoms with Gasteiger partial charge in [-0.05, 0) is 49.2 Å². The van der Waals surface area contributed by atoms with Gasteiger partial charge >= 0.3 is 0 Å². The SMILES string of the molecule is CCCCC(Cc1c(Br)c(C)nn1CC)NCCC. The van der Waals surface area contributed by atoms with E-state index in [9.17, 15) is 0 Å². The molecule has 0 saturated carbocycles. The van der Waals surface area contributed by atoms with E-state index in [1.807, 2.05) is 0 Å². The summed E-state index contributed by atoms with van der Waals surface area (Å²) in [6.45, 7) is 10.7. The highest BCUT2D eigenvalue weighted by atomic mass is 79.9. The Bertz CT molecular complexity index is 366. The summed E-state index contributed by atoms with van der Waals surface area (Å²) in [5.74, 6) is 0. The fraction of sp³-hybridized carbons (Fsp3) is 0.800. The number of nitrogens with zero attached hydrogens (tertiary/aromatic N) is 2. The standard InChI is InChI=1S/C15H28BrN3/c1-5-8-9-13(17-10-6-2)11-14-15(16)12(4)18-19(14)7-3/h13,17H,5-11H2,1-4H3. The molecule has 0 bridgehead atoms. The summed E-state index contributed by atoms with van der Waals surface area (Å²) in [7, 11) is 0. The van der Waals surface area contributed by atoms with Crippen molar-refractivity contribution in [1.82, 2.24) is 15.1 Å². The largest absolute Gasteiger partial charge is 0.314 e. The van der Waals surface area contributed by atoms with Crippen molar-refractivity contribution in [2.45, 2.75) is 72.4 Å². The lowest BCUT2D eigenvalue weighted by atomic mass is 10.0. The first kappa shape index (κ1) is 16.7. The molecule has 3 nitrogen and oxygen atoms in total. The van der Waals surface area contributed by atoms with Gasteiger partial charge in [0.15, 0.2) is 0 Å². The van der Waals surface area contributed by atoms with Gasteiger partial charge < -0.3 is 5.32 Å². The molecule has 1 N–H and O–H groups in total. The first-order valence-electron chi connectivity index (χ1n) is 7.59. The van der Waals surface area contributed by atoms with Crippen molar-refractivity contribution in [3.8, 4) is 0 Å². The summed E-state index contributed by atoms with van der Waals surface area (Å²) < 4.78 is 3.32. The van der Waals surface area contributed by atoms with Gasteiger partial charge in [0.05, 0.1) is 15.9 Å².